The van der Waals surface area contributed by atoms with Crippen LogP contribution in [0.2, 0.25) is 5.02 Å². The van der Waals surface area contributed by atoms with Crippen LogP contribution in [-0.2, 0) is 12.4 Å². The highest BCUT2D eigenvalue weighted by Crippen LogP contribution is 2.39. The van der Waals surface area contributed by atoms with Gasteiger partial charge in [-0.3, -0.25) is 19.5 Å². The van der Waals surface area contributed by atoms with E-state index in [2.05, 4.69) is 4.98 Å². The number of hydrogen-bond donors (Lipinski definition) is 0. The molecule has 1 aromatic heterocycles. The van der Waals surface area contributed by atoms with Gasteiger partial charge in [-0.05, 0) is 6.07 Å². The lowest BCUT2D eigenvalue weighted by Gasteiger charge is -2.13. The molecule has 0 amide bonds. The summed E-state index contributed by atoms with van der Waals surface area (Å²) in [6.07, 6.45) is -9.66. The average molecular weight is 388 g/mol. The van der Waals surface area contributed by atoms with Gasteiger partial charge in [-0.1, -0.05) is 11.6 Å². The van der Waals surface area contributed by atoms with Crippen molar-refractivity contribution in [3.63, 3.8) is 0 Å². The van der Waals surface area contributed by atoms with Crippen LogP contribution in [0.25, 0.3) is 5.69 Å². The van der Waals surface area contributed by atoms with Gasteiger partial charge in [0.2, 0.25) is 0 Å². The topological polar surface area (TPSA) is 78.0 Å². The van der Waals surface area contributed by atoms with Crippen LogP contribution in [0.15, 0.2) is 29.3 Å². The molecule has 0 atom stereocenters. The molecule has 13 heteroatoms. The number of halogens is 7. The molecule has 0 saturated carbocycles. The minimum absolute atomic E-state index is 0.0832. The van der Waals surface area contributed by atoms with Gasteiger partial charge in [0.1, 0.15) is 11.9 Å². The number of benzene rings is 1. The van der Waals surface area contributed by atoms with Crippen molar-refractivity contribution in [2.24, 2.45) is 0 Å². The molecule has 2 aromatic rings. The zero-order chi connectivity index (χ0) is 19.2. The molecule has 1 heterocycles. The van der Waals surface area contributed by atoms with E-state index in [1.165, 1.54) is 0 Å². The predicted molar refractivity (Wildman–Crippen MR) is 71.5 cm³/mol. The molecular weight excluding hydrogens is 384 g/mol. The van der Waals surface area contributed by atoms with Gasteiger partial charge in [-0.2, -0.15) is 26.3 Å². The Hall–Kier alpha value is -2.63. The summed E-state index contributed by atoms with van der Waals surface area (Å²) in [7, 11) is 0. The summed E-state index contributed by atoms with van der Waals surface area (Å²) in [4.78, 5) is 24.2. The number of nitro benzene ring substituents is 1. The van der Waals surface area contributed by atoms with Crippen molar-refractivity contribution < 1.29 is 31.3 Å². The van der Waals surface area contributed by atoms with Gasteiger partial charge in [0.05, 0.1) is 15.6 Å². The van der Waals surface area contributed by atoms with E-state index in [1.807, 2.05) is 0 Å². The first-order valence-corrected chi connectivity index (χ1v) is 6.41. The molecule has 0 aliphatic carbocycles. The highest BCUT2D eigenvalue weighted by molar-refractivity contribution is 6.32. The average Bonchev–Trinajstić information content (AvgIpc) is 2.45. The van der Waals surface area contributed by atoms with E-state index in [9.17, 15) is 41.3 Å². The number of rotatable bonds is 2. The molecule has 0 spiro atoms. The second kappa shape index (κ2) is 6.02. The summed E-state index contributed by atoms with van der Waals surface area (Å²) in [5, 5.41) is 10.1. The summed E-state index contributed by atoms with van der Waals surface area (Å²) in [6, 6.07) is 0.625. The molecule has 1 aromatic carbocycles. The number of hydrogen-bond acceptors (Lipinski definition) is 4. The maximum absolute atomic E-state index is 12.8. The molecule has 25 heavy (non-hydrogen) atoms. The largest absolute Gasteiger partial charge is 0.433 e. The zero-order valence-electron chi connectivity index (χ0n) is 11.5. The van der Waals surface area contributed by atoms with Crippen molar-refractivity contribution in [2.45, 2.75) is 12.4 Å². The molecule has 0 radical (unpaired) electrons. The second-order valence-corrected chi connectivity index (χ2v) is 4.96. The van der Waals surface area contributed by atoms with Gasteiger partial charge in [-0.15, -0.1) is 0 Å². The van der Waals surface area contributed by atoms with Gasteiger partial charge in [0.25, 0.3) is 11.2 Å². The fraction of sp³-hybridized carbons (Fsp3) is 0.167. The van der Waals surface area contributed by atoms with E-state index in [0.29, 0.717) is 17.0 Å². The molecule has 0 aliphatic rings. The van der Waals surface area contributed by atoms with Crippen LogP contribution >= 0.6 is 11.6 Å². The molecule has 0 unspecified atom stereocenters. The van der Waals surface area contributed by atoms with Crippen LogP contribution in [0.1, 0.15) is 11.3 Å². The molecule has 6 nitrogen and oxygen atoms in total. The van der Waals surface area contributed by atoms with Gasteiger partial charge >= 0.3 is 12.4 Å². The summed E-state index contributed by atoms with van der Waals surface area (Å²) in [5.41, 5.74) is -6.57. The molecular formula is C12H4ClF6N3O3. The van der Waals surface area contributed by atoms with Crippen LogP contribution < -0.4 is 5.56 Å². The van der Waals surface area contributed by atoms with E-state index in [1.54, 1.807) is 0 Å². The second-order valence-electron chi connectivity index (χ2n) is 4.56. The van der Waals surface area contributed by atoms with E-state index in [0.717, 1.165) is 0 Å². The predicted octanol–water partition coefficient (Wildman–Crippen LogP) is 3.83. The van der Waals surface area contributed by atoms with E-state index in [-0.39, 0.29) is 12.1 Å². The number of aromatic nitrogens is 2. The van der Waals surface area contributed by atoms with Gasteiger partial charge in [-0.25, -0.2) is 4.98 Å². The monoisotopic (exact) mass is 387 g/mol. The fourth-order valence-corrected chi connectivity index (χ4v) is 2.10. The lowest BCUT2D eigenvalue weighted by atomic mass is 10.1. The Morgan fingerprint density at radius 2 is 1.68 bits per heavy atom. The normalized spacial score (nSPS) is 12.3. The Balaban J connectivity index is 2.71. The highest BCUT2D eigenvalue weighted by Gasteiger charge is 2.39. The Morgan fingerprint density at radius 3 is 2.12 bits per heavy atom. The van der Waals surface area contributed by atoms with Crippen molar-refractivity contribution in [1.29, 1.82) is 0 Å². The minimum atomic E-state index is -5.10. The molecule has 0 aliphatic heterocycles. The van der Waals surface area contributed by atoms with Crippen molar-refractivity contribution in [1.82, 2.24) is 9.55 Å². The lowest BCUT2D eigenvalue weighted by Crippen LogP contribution is -2.22. The third-order valence-electron chi connectivity index (χ3n) is 2.93. The third-order valence-corrected chi connectivity index (χ3v) is 3.23. The lowest BCUT2D eigenvalue weighted by molar-refractivity contribution is -0.388. The first-order chi connectivity index (χ1) is 11.3. The molecule has 0 fully saturated rings. The van der Waals surface area contributed by atoms with Crippen molar-refractivity contribution in [3.05, 3.63) is 61.3 Å². The Morgan fingerprint density at radius 1 is 1.08 bits per heavy atom. The molecule has 0 bridgehead atoms. The quantitative estimate of drug-likeness (QED) is 0.446. The Bertz CT molecular complexity index is 906. The Labute approximate surface area is 138 Å². The maximum Gasteiger partial charge on any atom is 0.433 e. The van der Waals surface area contributed by atoms with Gasteiger partial charge in [0.15, 0.2) is 5.69 Å². The number of nitrogens with zero attached hydrogens (tertiary/aromatic N) is 3. The van der Waals surface area contributed by atoms with E-state index < -0.39 is 50.5 Å². The van der Waals surface area contributed by atoms with Gasteiger partial charge < -0.3 is 0 Å². The van der Waals surface area contributed by atoms with Gasteiger partial charge in [0, 0.05) is 12.1 Å². The number of nitro groups is 1. The molecule has 0 N–H and O–H groups in total. The van der Waals surface area contributed by atoms with Crippen LogP contribution in [0.5, 0.6) is 0 Å². The fourth-order valence-electron chi connectivity index (χ4n) is 1.85. The third kappa shape index (κ3) is 3.73. The zero-order valence-corrected chi connectivity index (χ0v) is 12.3. The molecule has 134 valence electrons. The van der Waals surface area contributed by atoms with E-state index in [4.69, 9.17) is 11.6 Å². The summed E-state index contributed by atoms with van der Waals surface area (Å²) < 4.78 is 76.3. The number of alkyl halides is 6. The molecule has 0 saturated heterocycles. The summed E-state index contributed by atoms with van der Waals surface area (Å²) in [6.45, 7) is 0. The van der Waals surface area contributed by atoms with Crippen LogP contribution in [0, 0.1) is 10.1 Å². The van der Waals surface area contributed by atoms with Crippen LogP contribution in [0.3, 0.4) is 0 Å². The van der Waals surface area contributed by atoms with Crippen LogP contribution in [0.4, 0.5) is 32.0 Å². The first-order valence-electron chi connectivity index (χ1n) is 6.04. The SMILES string of the molecule is O=c1cc(C(F)(F)F)ncn1-c1cc([N+](=O)[O-])c(C(F)(F)F)cc1Cl. The standard InChI is InChI=1S/C12H4ClF6N3O3/c13-6-1-5(11(14,15)16)7(22(24)25)2-8(6)21-4-20-9(3-10(21)23)12(17,18)19/h1-4H. The summed E-state index contributed by atoms with van der Waals surface area (Å²) in [5.74, 6) is 0. The van der Waals surface area contributed by atoms with Crippen molar-refractivity contribution >= 4 is 17.3 Å². The molecule has 2 rings (SSSR count). The van der Waals surface area contributed by atoms with Crippen LogP contribution in [-0.4, -0.2) is 14.5 Å². The summed E-state index contributed by atoms with van der Waals surface area (Å²) >= 11 is 5.62. The van der Waals surface area contributed by atoms with E-state index >= 15 is 0 Å². The van der Waals surface area contributed by atoms with Crippen molar-refractivity contribution in [2.75, 3.05) is 0 Å². The van der Waals surface area contributed by atoms with Crippen molar-refractivity contribution in [3.8, 4) is 5.69 Å². The Kier molecular flexibility index (Phi) is 4.51. The minimum Gasteiger partial charge on any atom is -0.269 e. The first kappa shape index (κ1) is 18.7. The smallest absolute Gasteiger partial charge is 0.269 e. The highest BCUT2D eigenvalue weighted by atomic mass is 35.5. The maximum atomic E-state index is 12.8.